The number of nitrogens with zero attached hydrogens (tertiary/aromatic N) is 4. The minimum atomic E-state index is -0.278. The summed E-state index contributed by atoms with van der Waals surface area (Å²) in [5.41, 5.74) is 7.62. The molecule has 0 aliphatic heterocycles. The summed E-state index contributed by atoms with van der Waals surface area (Å²) in [5, 5.41) is 12.9. The molecule has 2 rings (SSSR count). The molecule has 2 N–H and O–H groups in total. The fraction of sp³-hybridized carbons (Fsp3) is 0.214. The van der Waals surface area contributed by atoms with Gasteiger partial charge in [-0.2, -0.15) is 10.4 Å². The van der Waals surface area contributed by atoms with Crippen molar-refractivity contribution in [3.63, 3.8) is 0 Å². The molecule has 2 aromatic rings. The van der Waals surface area contributed by atoms with Crippen LogP contribution in [0.15, 0.2) is 30.5 Å². The van der Waals surface area contributed by atoms with E-state index in [2.05, 4.69) is 5.10 Å². The number of carbonyl (C=O) groups is 1. The van der Waals surface area contributed by atoms with Crippen LogP contribution in [-0.2, 0) is 6.54 Å². The topological polar surface area (TPSA) is 87.9 Å². The van der Waals surface area contributed by atoms with Gasteiger partial charge < -0.3 is 10.6 Å². The summed E-state index contributed by atoms with van der Waals surface area (Å²) in [7, 11) is 1.65. The molecule has 0 spiro atoms. The van der Waals surface area contributed by atoms with E-state index in [4.69, 9.17) is 11.0 Å². The molecule has 102 valence electrons. The monoisotopic (exact) mass is 269 g/mol. The van der Waals surface area contributed by atoms with Gasteiger partial charge in [-0.3, -0.25) is 9.48 Å². The van der Waals surface area contributed by atoms with E-state index in [1.807, 2.05) is 13.0 Å². The van der Waals surface area contributed by atoms with E-state index in [-0.39, 0.29) is 11.6 Å². The highest BCUT2D eigenvalue weighted by Crippen LogP contribution is 2.18. The summed E-state index contributed by atoms with van der Waals surface area (Å²) < 4.78 is 1.62. The lowest BCUT2D eigenvalue weighted by atomic mass is 10.2. The summed E-state index contributed by atoms with van der Waals surface area (Å²) in [6.45, 7) is 2.57. The molecule has 6 nitrogen and oxygen atoms in total. The van der Waals surface area contributed by atoms with Crippen LogP contribution in [0.5, 0.6) is 0 Å². The van der Waals surface area contributed by atoms with Gasteiger partial charge in [-0.25, -0.2) is 0 Å². The molecule has 0 radical (unpaired) electrons. The number of anilines is 2. The van der Waals surface area contributed by atoms with Crippen LogP contribution in [0.4, 0.5) is 11.4 Å². The second-order valence-corrected chi connectivity index (χ2v) is 4.31. The van der Waals surface area contributed by atoms with Crippen molar-refractivity contribution >= 4 is 17.3 Å². The fourth-order valence-corrected chi connectivity index (χ4v) is 1.80. The molecule has 6 heteroatoms. The number of amides is 1. The van der Waals surface area contributed by atoms with Crippen molar-refractivity contribution in [1.82, 2.24) is 9.78 Å². The Morgan fingerprint density at radius 1 is 1.45 bits per heavy atom. The molecule has 1 heterocycles. The summed E-state index contributed by atoms with van der Waals surface area (Å²) in [6, 6.07) is 8.78. The molecule has 0 fully saturated rings. The zero-order valence-corrected chi connectivity index (χ0v) is 11.4. The Kier molecular flexibility index (Phi) is 3.71. The van der Waals surface area contributed by atoms with Crippen LogP contribution < -0.4 is 10.6 Å². The largest absolute Gasteiger partial charge is 0.396 e. The lowest BCUT2D eigenvalue weighted by Gasteiger charge is -2.16. The molecule has 0 saturated carbocycles. The van der Waals surface area contributed by atoms with Crippen molar-refractivity contribution in [1.29, 1.82) is 5.26 Å². The summed E-state index contributed by atoms with van der Waals surface area (Å²) in [5.74, 6) is -0.278. The molecule has 1 aromatic carbocycles. The van der Waals surface area contributed by atoms with Crippen molar-refractivity contribution in [3.8, 4) is 6.07 Å². The Balaban J connectivity index is 2.27. The second-order valence-electron chi connectivity index (χ2n) is 4.31. The maximum Gasteiger partial charge on any atom is 0.280 e. The zero-order valence-electron chi connectivity index (χ0n) is 11.4. The van der Waals surface area contributed by atoms with E-state index in [0.717, 1.165) is 0 Å². The van der Waals surface area contributed by atoms with Crippen LogP contribution >= 0.6 is 0 Å². The summed E-state index contributed by atoms with van der Waals surface area (Å²) in [4.78, 5) is 13.8. The van der Waals surface area contributed by atoms with Gasteiger partial charge in [0, 0.05) is 25.5 Å². The number of aryl methyl sites for hydroxylation is 1. The Morgan fingerprint density at radius 2 is 2.10 bits per heavy atom. The zero-order chi connectivity index (χ0) is 14.7. The number of carbonyl (C=O) groups excluding carboxylic acids is 1. The van der Waals surface area contributed by atoms with Crippen LogP contribution in [0.1, 0.15) is 23.0 Å². The first kappa shape index (κ1) is 13.6. The van der Waals surface area contributed by atoms with Gasteiger partial charge in [0.2, 0.25) is 0 Å². The standard InChI is InChI=1S/C14H15N5O/c1-3-19-9-12(16)13(17-19)14(20)18(2)11-6-4-10(8-15)5-7-11/h4-7,9H,3,16H2,1-2H3. The number of rotatable bonds is 3. The fourth-order valence-electron chi connectivity index (χ4n) is 1.80. The van der Waals surface area contributed by atoms with Crippen molar-refractivity contribution in [2.24, 2.45) is 0 Å². The molecule has 20 heavy (non-hydrogen) atoms. The molecule has 0 bridgehead atoms. The number of hydrogen-bond acceptors (Lipinski definition) is 4. The molecular weight excluding hydrogens is 254 g/mol. The van der Waals surface area contributed by atoms with Crippen molar-refractivity contribution in [3.05, 3.63) is 41.7 Å². The molecule has 0 saturated heterocycles. The molecule has 0 unspecified atom stereocenters. The third kappa shape index (κ3) is 2.47. The predicted octanol–water partition coefficient (Wildman–Crippen LogP) is 1.63. The van der Waals surface area contributed by atoms with Crippen molar-refractivity contribution in [2.75, 3.05) is 17.7 Å². The van der Waals surface area contributed by atoms with Gasteiger partial charge in [0.15, 0.2) is 5.69 Å². The van der Waals surface area contributed by atoms with Crippen LogP contribution in [0.3, 0.4) is 0 Å². The van der Waals surface area contributed by atoms with Crippen LogP contribution in [-0.4, -0.2) is 22.7 Å². The Bertz CT molecular complexity index is 666. The first-order valence-corrected chi connectivity index (χ1v) is 6.18. The highest BCUT2D eigenvalue weighted by molar-refractivity contribution is 6.07. The quantitative estimate of drug-likeness (QED) is 0.917. The average Bonchev–Trinajstić information content (AvgIpc) is 2.87. The van der Waals surface area contributed by atoms with E-state index in [0.29, 0.717) is 23.5 Å². The van der Waals surface area contributed by atoms with E-state index < -0.39 is 0 Å². The minimum Gasteiger partial charge on any atom is -0.396 e. The molecule has 0 aliphatic carbocycles. The SMILES string of the molecule is CCn1cc(N)c(C(=O)N(C)c2ccc(C#N)cc2)n1. The van der Waals surface area contributed by atoms with Gasteiger partial charge in [-0.15, -0.1) is 0 Å². The van der Waals surface area contributed by atoms with E-state index in [1.54, 1.807) is 42.2 Å². The number of nitrogens with two attached hydrogens (primary N) is 1. The first-order valence-electron chi connectivity index (χ1n) is 6.18. The number of benzene rings is 1. The number of hydrogen-bond donors (Lipinski definition) is 1. The maximum absolute atomic E-state index is 12.4. The molecular formula is C14H15N5O. The Labute approximate surface area is 117 Å². The smallest absolute Gasteiger partial charge is 0.280 e. The molecule has 1 aromatic heterocycles. The van der Waals surface area contributed by atoms with Crippen molar-refractivity contribution in [2.45, 2.75) is 13.5 Å². The van der Waals surface area contributed by atoms with E-state index in [9.17, 15) is 4.79 Å². The number of nitriles is 1. The number of nitrogen functional groups attached to an aromatic ring is 1. The summed E-state index contributed by atoms with van der Waals surface area (Å²) >= 11 is 0. The molecule has 0 atom stereocenters. The third-order valence-electron chi connectivity index (χ3n) is 3.00. The predicted molar refractivity (Wildman–Crippen MR) is 76.2 cm³/mol. The Morgan fingerprint density at radius 3 is 2.60 bits per heavy atom. The van der Waals surface area contributed by atoms with Gasteiger partial charge in [0.25, 0.3) is 5.91 Å². The van der Waals surface area contributed by atoms with Crippen LogP contribution in [0, 0.1) is 11.3 Å². The lowest BCUT2D eigenvalue weighted by Crippen LogP contribution is -2.27. The summed E-state index contributed by atoms with van der Waals surface area (Å²) in [6.07, 6.45) is 1.64. The van der Waals surface area contributed by atoms with E-state index in [1.165, 1.54) is 4.90 Å². The first-order chi connectivity index (χ1) is 9.56. The van der Waals surface area contributed by atoms with Crippen LogP contribution in [0.25, 0.3) is 0 Å². The lowest BCUT2D eigenvalue weighted by molar-refractivity contribution is 0.0988. The molecule has 0 aliphatic rings. The highest BCUT2D eigenvalue weighted by atomic mass is 16.2. The highest BCUT2D eigenvalue weighted by Gasteiger charge is 2.19. The van der Waals surface area contributed by atoms with Gasteiger partial charge >= 0.3 is 0 Å². The minimum absolute atomic E-state index is 0.235. The van der Waals surface area contributed by atoms with E-state index >= 15 is 0 Å². The number of aromatic nitrogens is 2. The Hall–Kier alpha value is -2.81. The van der Waals surface area contributed by atoms with Gasteiger partial charge in [-0.1, -0.05) is 0 Å². The van der Waals surface area contributed by atoms with Gasteiger partial charge in [0.1, 0.15) is 0 Å². The average molecular weight is 269 g/mol. The maximum atomic E-state index is 12.4. The third-order valence-corrected chi connectivity index (χ3v) is 3.00. The van der Waals surface area contributed by atoms with Gasteiger partial charge in [0.05, 0.1) is 17.3 Å². The van der Waals surface area contributed by atoms with Crippen LogP contribution in [0.2, 0.25) is 0 Å². The molecule has 1 amide bonds. The van der Waals surface area contributed by atoms with Crippen molar-refractivity contribution < 1.29 is 4.79 Å². The van der Waals surface area contributed by atoms with Gasteiger partial charge in [-0.05, 0) is 31.2 Å². The second kappa shape index (κ2) is 5.45. The normalized spacial score (nSPS) is 10.1.